The van der Waals surface area contributed by atoms with Gasteiger partial charge < -0.3 is 5.73 Å². The fourth-order valence-corrected chi connectivity index (χ4v) is 1.62. The molecule has 0 saturated heterocycles. The lowest BCUT2D eigenvalue weighted by atomic mass is 10.4. The summed E-state index contributed by atoms with van der Waals surface area (Å²) in [5.74, 6) is -1.19. The number of hydrogen-bond acceptors (Lipinski definition) is 3. The van der Waals surface area contributed by atoms with Crippen molar-refractivity contribution in [2.45, 2.75) is 6.18 Å². The topological polar surface area (TPSA) is 56.2 Å². The zero-order chi connectivity index (χ0) is 11.2. The molecule has 0 fully saturated rings. The summed E-state index contributed by atoms with van der Waals surface area (Å²) in [7, 11) is 0. The predicted molar refractivity (Wildman–Crippen MR) is 50.1 cm³/mol. The summed E-state index contributed by atoms with van der Waals surface area (Å²) < 4.78 is 38.2. The maximum atomic E-state index is 12.3. The van der Waals surface area contributed by atoms with Crippen LogP contribution in [0.2, 0.25) is 0 Å². The Balaban J connectivity index is 2.71. The molecule has 0 saturated carbocycles. The Labute approximate surface area is 90.0 Å². The van der Waals surface area contributed by atoms with E-state index >= 15 is 0 Å². The van der Waals surface area contributed by atoms with Gasteiger partial charge in [0.2, 0.25) is 0 Å². The molecule has 2 N–H and O–H groups in total. The van der Waals surface area contributed by atoms with Gasteiger partial charge in [-0.25, -0.2) is 9.50 Å². The first-order valence-corrected chi connectivity index (χ1v) is 4.56. The maximum Gasteiger partial charge on any atom is 0.453 e. The lowest BCUT2D eigenvalue weighted by molar-refractivity contribution is -0.144. The second kappa shape index (κ2) is 3.09. The lowest BCUT2D eigenvalue weighted by Gasteiger charge is -1.97. The van der Waals surface area contributed by atoms with Crippen LogP contribution in [0, 0.1) is 0 Å². The molecule has 0 unspecified atom stereocenters. The van der Waals surface area contributed by atoms with E-state index < -0.39 is 12.0 Å². The number of hydrogen-bond donors (Lipinski definition) is 1. The molecule has 0 spiro atoms. The molecule has 0 aliphatic rings. The van der Waals surface area contributed by atoms with Crippen molar-refractivity contribution in [1.29, 1.82) is 0 Å². The molecule has 2 rings (SSSR count). The van der Waals surface area contributed by atoms with Gasteiger partial charge >= 0.3 is 6.18 Å². The quantitative estimate of drug-likeness (QED) is 0.804. The number of alkyl halides is 3. The molecular formula is C7H4BrF3N4. The van der Waals surface area contributed by atoms with Gasteiger partial charge in [-0.1, -0.05) is 0 Å². The van der Waals surface area contributed by atoms with Crippen LogP contribution in [0.1, 0.15) is 5.82 Å². The van der Waals surface area contributed by atoms with Gasteiger partial charge in [-0.3, -0.25) is 0 Å². The highest BCUT2D eigenvalue weighted by Gasteiger charge is 2.36. The van der Waals surface area contributed by atoms with Crippen LogP contribution in [0.25, 0.3) is 5.65 Å². The molecule has 80 valence electrons. The predicted octanol–water partition coefficient (Wildman–Crippen LogP) is 2.09. The SMILES string of the molecule is Nc1cc(Br)c2nc(C(F)(F)F)nn2c1. The molecule has 0 bridgehead atoms. The molecule has 0 atom stereocenters. The van der Waals surface area contributed by atoms with E-state index in [2.05, 4.69) is 26.0 Å². The molecule has 15 heavy (non-hydrogen) atoms. The van der Waals surface area contributed by atoms with E-state index in [0.717, 1.165) is 4.52 Å². The van der Waals surface area contributed by atoms with E-state index in [9.17, 15) is 13.2 Å². The van der Waals surface area contributed by atoms with Crippen molar-refractivity contribution in [2.75, 3.05) is 5.73 Å². The van der Waals surface area contributed by atoms with Crippen LogP contribution < -0.4 is 5.73 Å². The van der Waals surface area contributed by atoms with Crippen LogP contribution in [0.15, 0.2) is 16.7 Å². The third kappa shape index (κ3) is 1.76. The third-order valence-corrected chi connectivity index (χ3v) is 2.25. The highest BCUT2D eigenvalue weighted by Crippen LogP contribution is 2.28. The van der Waals surface area contributed by atoms with Gasteiger partial charge in [-0.15, -0.1) is 5.10 Å². The third-order valence-electron chi connectivity index (χ3n) is 1.66. The molecular weight excluding hydrogens is 277 g/mol. The molecule has 2 aromatic rings. The molecule has 0 aliphatic heterocycles. The van der Waals surface area contributed by atoms with Crippen molar-refractivity contribution >= 4 is 27.3 Å². The number of pyridine rings is 1. The Morgan fingerprint density at radius 2 is 2.07 bits per heavy atom. The summed E-state index contributed by atoms with van der Waals surface area (Å²) in [6, 6.07) is 1.46. The largest absolute Gasteiger partial charge is 0.453 e. The van der Waals surface area contributed by atoms with Gasteiger partial charge in [0.1, 0.15) is 0 Å². The lowest BCUT2D eigenvalue weighted by Crippen LogP contribution is -2.07. The number of aromatic nitrogens is 3. The van der Waals surface area contributed by atoms with E-state index in [1.807, 2.05) is 0 Å². The number of rotatable bonds is 0. The number of fused-ring (bicyclic) bond motifs is 1. The van der Waals surface area contributed by atoms with Gasteiger partial charge in [0, 0.05) is 0 Å². The fourth-order valence-electron chi connectivity index (χ4n) is 1.09. The summed E-state index contributed by atoms with van der Waals surface area (Å²) in [5, 5.41) is 3.28. The first kappa shape index (κ1) is 10.2. The van der Waals surface area contributed by atoms with Crippen LogP contribution in [-0.4, -0.2) is 14.6 Å². The molecule has 0 radical (unpaired) electrons. The first-order chi connectivity index (χ1) is 6.88. The summed E-state index contributed by atoms with van der Waals surface area (Å²) in [5.41, 5.74) is 5.82. The number of nitrogen functional groups attached to an aromatic ring is 1. The summed E-state index contributed by atoms with van der Waals surface area (Å²) in [4.78, 5) is 3.35. The molecule has 8 heteroatoms. The standard InChI is InChI=1S/C7H4BrF3N4/c8-4-1-3(12)2-15-5(4)13-6(14-15)7(9,10)11/h1-2H,12H2. The van der Waals surface area contributed by atoms with E-state index in [-0.39, 0.29) is 5.65 Å². The smallest absolute Gasteiger partial charge is 0.397 e. The Kier molecular flexibility index (Phi) is 2.10. The second-order valence-electron chi connectivity index (χ2n) is 2.82. The van der Waals surface area contributed by atoms with Crippen molar-refractivity contribution in [3.05, 3.63) is 22.6 Å². The summed E-state index contributed by atoms with van der Waals surface area (Å²) in [6.45, 7) is 0. The molecule has 0 amide bonds. The van der Waals surface area contributed by atoms with Crippen LogP contribution in [0.5, 0.6) is 0 Å². The average Bonchev–Trinajstić information content (AvgIpc) is 2.46. The highest BCUT2D eigenvalue weighted by molar-refractivity contribution is 9.10. The Bertz CT molecular complexity index is 519. The molecule has 0 aliphatic carbocycles. The minimum atomic E-state index is -4.56. The van der Waals surface area contributed by atoms with Crippen molar-refractivity contribution in [2.24, 2.45) is 0 Å². The zero-order valence-corrected chi connectivity index (χ0v) is 8.67. The summed E-state index contributed by atoms with van der Waals surface area (Å²) >= 11 is 3.06. The van der Waals surface area contributed by atoms with Crippen LogP contribution in [0.4, 0.5) is 18.9 Å². The molecule has 2 heterocycles. The summed E-state index contributed by atoms with van der Waals surface area (Å²) in [6.07, 6.45) is -3.29. The van der Waals surface area contributed by atoms with E-state index in [0.29, 0.717) is 10.2 Å². The van der Waals surface area contributed by atoms with E-state index in [1.54, 1.807) is 0 Å². The van der Waals surface area contributed by atoms with Gasteiger partial charge in [-0.2, -0.15) is 13.2 Å². The van der Waals surface area contributed by atoms with Gasteiger partial charge in [0.05, 0.1) is 16.4 Å². The van der Waals surface area contributed by atoms with Gasteiger partial charge in [0.25, 0.3) is 5.82 Å². The fraction of sp³-hybridized carbons (Fsp3) is 0.143. The second-order valence-corrected chi connectivity index (χ2v) is 3.68. The highest BCUT2D eigenvalue weighted by atomic mass is 79.9. The van der Waals surface area contributed by atoms with Crippen molar-refractivity contribution in [3.8, 4) is 0 Å². The van der Waals surface area contributed by atoms with Gasteiger partial charge in [-0.05, 0) is 22.0 Å². The minimum absolute atomic E-state index is 0.0801. The van der Waals surface area contributed by atoms with Crippen molar-refractivity contribution in [3.63, 3.8) is 0 Å². The molecule has 4 nitrogen and oxygen atoms in total. The number of nitrogens with two attached hydrogens (primary N) is 1. The average molecular weight is 281 g/mol. The van der Waals surface area contributed by atoms with Crippen LogP contribution in [-0.2, 0) is 6.18 Å². The molecule has 0 aromatic carbocycles. The first-order valence-electron chi connectivity index (χ1n) is 3.76. The Morgan fingerprint density at radius 1 is 1.40 bits per heavy atom. The number of nitrogens with zero attached hydrogens (tertiary/aromatic N) is 3. The van der Waals surface area contributed by atoms with Crippen molar-refractivity contribution in [1.82, 2.24) is 14.6 Å². The van der Waals surface area contributed by atoms with E-state index in [1.165, 1.54) is 12.3 Å². The normalized spacial score (nSPS) is 12.3. The van der Waals surface area contributed by atoms with Crippen molar-refractivity contribution < 1.29 is 13.2 Å². The van der Waals surface area contributed by atoms with E-state index in [4.69, 9.17) is 5.73 Å². The Morgan fingerprint density at radius 3 is 2.67 bits per heavy atom. The van der Waals surface area contributed by atoms with Crippen LogP contribution >= 0.6 is 15.9 Å². The minimum Gasteiger partial charge on any atom is -0.397 e. The monoisotopic (exact) mass is 280 g/mol. The maximum absolute atomic E-state index is 12.3. The Hall–Kier alpha value is -1.31. The number of halogens is 4. The van der Waals surface area contributed by atoms with Gasteiger partial charge in [0.15, 0.2) is 5.65 Å². The molecule has 2 aromatic heterocycles. The van der Waals surface area contributed by atoms with Crippen LogP contribution in [0.3, 0.4) is 0 Å². The zero-order valence-electron chi connectivity index (χ0n) is 7.09. The number of anilines is 1.